The first-order chi connectivity index (χ1) is 10.9. The molecule has 1 aliphatic carbocycles. The fourth-order valence-electron chi connectivity index (χ4n) is 3.07. The summed E-state index contributed by atoms with van der Waals surface area (Å²) >= 11 is 0. The largest absolute Gasteiger partial charge is 0.443 e. The summed E-state index contributed by atoms with van der Waals surface area (Å²) in [6, 6.07) is 8.70. The van der Waals surface area contributed by atoms with Crippen molar-refractivity contribution in [3.63, 3.8) is 0 Å². The van der Waals surface area contributed by atoms with Gasteiger partial charge in [0.1, 0.15) is 5.76 Å². The van der Waals surface area contributed by atoms with Crippen molar-refractivity contribution in [2.24, 2.45) is 0 Å². The first-order valence-corrected chi connectivity index (χ1v) is 8.24. The molecule has 0 radical (unpaired) electrons. The van der Waals surface area contributed by atoms with E-state index in [-0.39, 0.29) is 0 Å². The first-order valence-electron chi connectivity index (χ1n) is 8.24. The average Bonchev–Trinajstić information content (AvgIpc) is 3.32. The molecule has 4 heteroatoms. The highest BCUT2D eigenvalue weighted by Gasteiger charge is 2.23. The second-order valence-electron chi connectivity index (χ2n) is 6.30. The second kappa shape index (κ2) is 6.13. The zero-order valence-corrected chi connectivity index (χ0v) is 12.8. The molecule has 2 aromatic rings. The SMILES string of the molecule is c1cc(NCc2ncc(C3CCOCC3)o2)cc(C2CC2)c1. The maximum absolute atomic E-state index is 5.91. The second-order valence-corrected chi connectivity index (χ2v) is 6.30. The van der Waals surface area contributed by atoms with Crippen LogP contribution in [0.1, 0.15) is 54.7 Å². The quantitative estimate of drug-likeness (QED) is 0.904. The third-order valence-electron chi connectivity index (χ3n) is 4.57. The van der Waals surface area contributed by atoms with Crippen LogP contribution in [-0.2, 0) is 11.3 Å². The van der Waals surface area contributed by atoms with E-state index in [1.165, 1.54) is 18.4 Å². The molecule has 0 unspecified atom stereocenters. The van der Waals surface area contributed by atoms with Crippen molar-refractivity contribution < 1.29 is 9.15 Å². The predicted molar refractivity (Wildman–Crippen MR) is 85.0 cm³/mol. The van der Waals surface area contributed by atoms with Gasteiger partial charge in [-0.05, 0) is 49.3 Å². The van der Waals surface area contributed by atoms with Crippen LogP contribution in [0.4, 0.5) is 5.69 Å². The molecule has 116 valence electrons. The van der Waals surface area contributed by atoms with Gasteiger partial charge >= 0.3 is 0 Å². The average molecular weight is 298 g/mol. The van der Waals surface area contributed by atoms with Crippen molar-refractivity contribution in [2.75, 3.05) is 18.5 Å². The van der Waals surface area contributed by atoms with E-state index in [0.717, 1.165) is 49.3 Å². The van der Waals surface area contributed by atoms with Crippen molar-refractivity contribution in [3.8, 4) is 0 Å². The van der Waals surface area contributed by atoms with E-state index in [2.05, 4.69) is 34.6 Å². The van der Waals surface area contributed by atoms with Crippen LogP contribution in [0, 0.1) is 0 Å². The Balaban J connectivity index is 1.37. The topological polar surface area (TPSA) is 47.3 Å². The van der Waals surface area contributed by atoms with Crippen molar-refractivity contribution in [2.45, 2.75) is 44.1 Å². The van der Waals surface area contributed by atoms with Crippen LogP contribution in [0.15, 0.2) is 34.9 Å². The summed E-state index contributed by atoms with van der Waals surface area (Å²) < 4.78 is 11.3. The van der Waals surface area contributed by atoms with E-state index in [4.69, 9.17) is 9.15 Å². The number of rotatable bonds is 5. The first kappa shape index (κ1) is 13.8. The lowest BCUT2D eigenvalue weighted by molar-refractivity contribution is 0.0804. The molecule has 0 bridgehead atoms. The number of oxazole rings is 1. The number of anilines is 1. The fraction of sp³-hybridized carbons (Fsp3) is 0.500. The van der Waals surface area contributed by atoms with E-state index in [0.29, 0.717) is 12.5 Å². The molecule has 2 aliphatic rings. The minimum atomic E-state index is 0.466. The van der Waals surface area contributed by atoms with Gasteiger partial charge in [0.25, 0.3) is 0 Å². The van der Waals surface area contributed by atoms with Gasteiger partial charge in [-0.3, -0.25) is 0 Å². The van der Waals surface area contributed by atoms with Crippen molar-refractivity contribution in [1.29, 1.82) is 0 Å². The van der Waals surface area contributed by atoms with Gasteiger partial charge in [0.05, 0.1) is 12.7 Å². The number of nitrogens with one attached hydrogen (secondary N) is 1. The normalized spacial score (nSPS) is 19.3. The molecule has 0 amide bonds. The van der Waals surface area contributed by atoms with E-state index in [1.54, 1.807) is 0 Å². The molecule has 2 heterocycles. The Morgan fingerprint density at radius 1 is 1.09 bits per heavy atom. The van der Waals surface area contributed by atoms with Gasteiger partial charge in [0.15, 0.2) is 0 Å². The zero-order chi connectivity index (χ0) is 14.8. The molecular formula is C18H22N2O2. The third kappa shape index (κ3) is 3.17. The number of ether oxygens (including phenoxy) is 1. The summed E-state index contributed by atoms with van der Waals surface area (Å²) in [7, 11) is 0. The van der Waals surface area contributed by atoms with Crippen LogP contribution in [0.25, 0.3) is 0 Å². The maximum atomic E-state index is 5.91. The Kier molecular flexibility index (Phi) is 3.85. The van der Waals surface area contributed by atoms with Crippen LogP contribution in [-0.4, -0.2) is 18.2 Å². The van der Waals surface area contributed by atoms with Crippen LogP contribution in [0.3, 0.4) is 0 Å². The van der Waals surface area contributed by atoms with Crippen LogP contribution in [0.5, 0.6) is 0 Å². The summed E-state index contributed by atoms with van der Waals surface area (Å²) in [5, 5.41) is 3.42. The molecule has 2 fully saturated rings. The Morgan fingerprint density at radius 3 is 2.77 bits per heavy atom. The molecule has 1 aromatic heterocycles. The summed E-state index contributed by atoms with van der Waals surface area (Å²) in [5.41, 5.74) is 2.59. The third-order valence-corrected chi connectivity index (χ3v) is 4.57. The van der Waals surface area contributed by atoms with Crippen molar-refractivity contribution in [3.05, 3.63) is 47.7 Å². The van der Waals surface area contributed by atoms with Gasteiger partial charge in [-0.2, -0.15) is 0 Å². The van der Waals surface area contributed by atoms with Gasteiger partial charge in [-0.25, -0.2) is 4.98 Å². The molecule has 22 heavy (non-hydrogen) atoms. The lowest BCUT2D eigenvalue weighted by Gasteiger charge is -2.19. The highest BCUT2D eigenvalue weighted by molar-refractivity contribution is 5.47. The Morgan fingerprint density at radius 2 is 1.95 bits per heavy atom. The van der Waals surface area contributed by atoms with Crippen LogP contribution in [0.2, 0.25) is 0 Å². The number of nitrogens with zero attached hydrogens (tertiary/aromatic N) is 1. The van der Waals surface area contributed by atoms with Crippen molar-refractivity contribution >= 4 is 5.69 Å². The minimum Gasteiger partial charge on any atom is -0.443 e. The summed E-state index contributed by atoms with van der Waals surface area (Å²) in [4.78, 5) is 4.41. The molecule has 4 nitrogen and oxygen atoms in total. The number of hydrogen-bond donors (Lipinski definition) is 1. The number of benzene rings is 1. The smallest absolute Gasteiger partial charge is 0.213 e. The minimum absolute atomic E-state index is 0.466. The van der Waals surface area contributed by atoms with Gasteiger partial charge in [-0.1, -0.05) is 12.1 Å². The molecule has 1 aromatic carbocycles. The number of hydrogen-bond acceptors (Lipinski definition) is 4. The molecule has 1 saturated heterocycles. The van der Waals surface area contributed by atoms with Gasteiger partial charge in [0.2, 0.25) is 5.89 Å². The molecule has 0 atom stereocenters. The molecule has 0 spiro atoms. The fourth-order valence-corrected chi connectivity index (χ4v) is 3.07. The summed E-state index contributed by atoms with van der Waals surface area (Å²) in [6.07, 6.45) is 6.61. The predicted octanol–water partition coefficient (Wildman–Crippen LogP) is 4.06. The highest BCUT2D eigenvalue weighted by Crippen LogP contribution is 2.40. The van der Waals surface area contributed by atoms with Crippen LogP contribution < -0.4 is 5.32 Å². The zero-order valence-electron chi connectivity index (χ0n) is 12.8. The molecule has 1 N–H and O–H groups in total. The van der Waals surface area contributed by atoms with Crippen molar-refractivity contribution in [1.82, 2.24) is 4.98 Å². The molecular weight excluding hydrogens is 276 g/mol. The Hall–Kier alpha value is -1.81. The standard InChI is InChI=1S/C18H22N2O2/c1-2-15(13-4-5-13)10-16(3-1)19-12-18-20-11-17(22-18)14-6-8-21-9-7-14/h1-3,10-11,13-14,19H,4-9,12H2. The Labute approximate surface area is 130 Å². The van der Waals surface area contributed by atoms with Gasteiger partial charge < -0.3 is 14.5 Å². The summed E-state index contributed by atoms with van der Waals surface area (Å²) in [6.45, 7) is 2.29. The monoisotopic (exact) mass is 298 g/mol. The van der Waals surface area contributed by atoms with E-state index in [1.807, 2.05) is 6.20 Å². The lowest BCUT2D eigenvalue weighted by Crippen LogP contribution is -2.13. The van der Waals surface area contributed by atoms with Gasteiger partial charge in [-0.15, -0.1) is 0 Å². The molecule has 4 rings (SSSR count). The van der Waals surface area contributed by atoms with E-state index < -0.39 is 0 Å². The number of aromatic nitrogens is 1. The maximum Gasteiger partial charge on any atom is 0.213 e. The van der Waals surface area contributed by atoms with E-state index >= 15 is 0 Å². The molecule has 1 saturated carbocycles. The van der Waals surface area contributed by atoms with E-state index in [9.17, 15) is 0 Å². The molecule has 1 aliphatic heterocycles. The van der Waals surface area contributed by atoms with Gasteiger partial charge in [0, 0.05) is 24.8 Å². The van der Waals surface area contributed by atoms with Crippen LogP contribution >= 0.6 is 0 Å². The Bertz CT molecular complexity index is 628. The summed E-state index contributed by atoms with van der Waals surface area (Å²) in [5.74, 6) is 3.02. The highest BCUT2D eigenvalue weighted by atomic mass is 16.5. The lowest BCUT2D eigenvalue weighted by atomic mass is 9.98.